The van der Waals surface area contributed by atoms with Crippen molar-refractivity contribution in [1.29, 1.82) is 0 Å². The maximum absolute atomic E-state index is 5.61. The lowest BCUT2D eigenvalue weighted by molar-refractivity contribution is 0.536. The molecule has 7 nitrogen and oxygen atoms in total. The van der Waals surface area contributed by atoms with Gasteiger partial charge < -0.3 is 4.90 Å². The molecule has 0 saturated heterocycles. The summed E-state index contributed by atoms with van der Waals surface area (Å²) in [5, 5.41) is 11.9. The van der Waals surface area contributed by atoms with Gasteiger partial charge in [-0.25, -0.2) is 0 Å². The highest BCUT2D eigenvalue weighted by Gasteiger charge is 2.13. The minimum absolute atomic E-state index is 0.0274. The van der Waals surface area contributed by atoms with E-state index in [1.807, 2.05) is 14.1 Å². The predicted octanol–water partition coefficient (Wildman–Crippen LogP) is 0.0232. The predicted molar refractivity (Wildman–Crippen MR) is 73.3 cm³/mol. The smallest absolute Gasteiger partial charge is 0.176 e. The van der Waals surface area contributed by atoms with Gasteiger partial charge in [-0.2, -0.15) is 4.80 Å². The molecule has 0 saturated carbocycles. The first-order valence-corrected chi connectivity index (χ1v) is 6.06. The molecule has 19 heavy (non-hydrogen) atoms. The Morgan fingerprint density at radius 2 is 2.00 bits per heavy atom. The van der Waals surface area contributed by atoms with E-state index in [1.54, 1.807) is 7.05 Å². The summed E-state index contributed by atoms with van der Waals surface area (Å²) in [7, 11) is 5.77. The number of anilines is 1. The van der Waals surface area contributed by atoms with Crippen molar-refractivity contribution < 1.29 is 0 Å². The van der Waals surface area contributed by atoms with Crippen LogP contribution in [0.5, 0.6) is 0 Å². The van der Waals surface area contributed by atoms with Gasteiger partial charge in [-0.05, 0) is 22.9 Å². The topological polar surface area (TPSA) is 84.9 Å². The van der Waals surface area contributed by atoms with Gasteiger partial charge in [-0.3, -0.25) is 11.3 Å². The van der Waals surface area contributed by atoms with E-state index in [1.165, 1.54) is 4.80 Å². The third-order valence-corrected chi connectivity index (χ3v) is 2.95. The van der Waals surface area contributed by atoms with E-state index >= 15 is 0 Å². The van der Waals surface area contributed by atoms with Crippen LogP contribution in [0.2, 0.25) is 0 Å². The van der Waals surface area contributed by atoms with Crippen LogP contribution in [0.25, 0.3) is 0 Å². The Bertz CT molecular complexity index is 517. The zero-order valence-corrected chi connectivity index (χ0v) is 11.4. The number of aromatic nitrogens is 4. The lowest BCUT2D eigenvalue weighted by atomic mass is 10.0. The number of rotatable bonds is 5. The molecule has 2 rings (SSSR count). The van der Waals surface area contributed by atoms with Crippen molar-refractivity contribution in [2.45, 2.75) is 12.5 Å². The van der Waals surface area contributed by atoms with Gasteiger partial charge >= 0.3 is 0 Å². The average molecular weight is 261 g/mol. The van der Waals surface area contributed by atoms with Gasteiger partial charge in [0.05, 0.1) is 13.1 Å². The number of nitrogens with one attached hydrogen (secondary N) is 1. The molecule has 3 N–H and O–H groups in total. The third-order valence-electron chi connectivity index (χ3n) is 2.95. The molecule has 1 atom stereocenters. The molecule has 102 valence electrons. The van der Waals surface area contributed by atoms with E-state index < -0.39 is 0 Å². The van der Waals surface area contributed by atoms with Crippen molar-refractivity contribution in [2.75, 3.05) is 19.0 Å². The quantitative estimate of drug-likeness (QED) is 0.583. The Morgan fingerprint density at radius 3 is 2.47 bits per heavy atom. The number of aryl methyl sites for hydroxylation is 1. The molecule has 0 radical (unpaired) electrons. The van der Waals surface area contributed by atoms with Crippen molar-refractivity contribution in [3.8, 4) is 0 Å². The van der Waals surface area contributed by atoms with Gasteiger partial charge in [0.1, 0.15) is 0 Å². The monoisotopic (exact) mass is 261 g/mol. The van der Waals surface area contributed by atoms with E-state index in [9.17, 15) is 0 Å². The Kier molecular flexibility index (Phi) is 4.08. The zero-order valence-electron chi connectivity index (χ0n) is 11.4. The molecule has 0 amide bonds. The molecule has 0 fully saturated rings. The molecule has 1 aromatic carbocycles. The fourth-order valence-electron chi connectivity index (χ4n) is 1.87. The van der Waals surface area contributed by atoms with Crippen LogP contribution in [-0.4, -0.2) is 34.3 Å². The minimum atomic E-state index is -0.0274. The van der Waals surface area contributed by atoms with Crippen LogP contribution < -0.4 is 16.2 Å². The lowest BCUT2D eigenvalue weighted by Gasteiger charge is -2.17. The summed E-state index contributed by atoms with van der Waals surface area (Å²) in [6.45, 7) is 0. The van der Waals surface area contributed by atoms with Crippen LogP contribution in [0.1, 0.15) is 17.4 Å². The Morgan fingerprint density at radius 1 is 1.32 bits per heavy atom. The van der Waals surface area contributed by atoms with Crippen LogP contribution in [-0.2, 0) is 13.5 Å². The second kappa shape index (κ2) is 5.77. The Balaban J connectivity index is 2.12. The van der Waals surface area contributed by atoms with E-state index in [2.05, 4.69) is 50.0 Å². The number of tetrazole rings is 1. The first-order valence-electron chi connectivity index (χ1n) is 6.06. The summed E-state index contributed by atoms with van der Waals surface area (Å²) in [6.07, 6.45) is 0.603. The number of nitrogens with zero attached hydrogens (tertiary/aromatic N) is 5. The summed E-state index contributed by atoms with van der Waals surface area (Å²) >= 11 is 0. The standard InChI is InChI=1S/C12H19N7/c1-18(2)10-6-4-9(5-7-10)11(14-13)8-12-15-17-19(3)16-12/h4-7,11,14H,8,13H2,1-3H3. The van der Waals surface area contributed by atoms with Crippen molar-refractivity contribution >= 4 is 5.69 Å². The van der Waals surface area contributed by atoms with Crippen molar-refractivity contribution in [1.82, 2.24) is 25.6 Å². The molecule has 0 aliphatic heterocycles. The van der Waals surface area contributed by atoms with Gasteiger partial charge in [-0.15, -0.1) is 10.2 Å². The molecular weight excluding hydrogens is 242 g/mol. The molecule has 7 heteroatoms. The highest BCUT2D eigenvalue weighted by atomic mass is 15.6. The fourth-order valence-corrected chi connectivity index (χ4v) is 1.87. The molecular formula is C12H19N7. The normalized spacial score (nSPS) is 12.4. The van der Waals surface area contributed by atoms with Gasteiger partial charge in [0.15, 0.2) is 5.82 Å². The van der Waals surface area contributed by atoms with Gasteiger partial charge in [0, 0.05) is 26.2 Å². The molecule has 1 unspecified atom stereocenters. The third kappa shape index (κ3) is 3.27. The maximum Gasteiger partial charge on any atom is 0.176 e. The van der Waals surface area contributed by atoms with Crippen LogP contribution in [0.15, 0.2) is 24.3 Å². The van der Waals surface area contributed by atoms with E-state index in [0.717, 1.165) is 11.3 Å². The fraction of sp³-hybridized carbons (Fsp3) is 0.417. The van der Waals surface area contributed by atoms with Gasteiger partial charge in [-0.1, -0.05) is 12.1 Å². The highest BCUT2D eigenvalue weighted by molar-refractivity contribution is 5.46. The molecule has 0 aliphatic rings. The number of hydrazine groups is 1. The van der Waals surface area contributed by atoms with E-state index in [0.29, 0.717) is 12.2 Å². The van der Waals surface area contributed by atoms with Crippen LogP contribution in [0.4, 0.5) is 5.69 Å². The van der Waals surface area contributed by atoms with Crippen LogP contribution >= 0.6 is 0 Å². The largest absolute Gasteiger partial charge is 0.378 e. The number of hydrogen-bond donors (Lipinski definition) is 2. The maximum atomic E-state index is 5.61. The first-order chi connectivity index (χ1) is 9.10. The second-order valence-electron chi connectivity index (χ2n) is 4.60. The number of benzene rings is 1. The average Bonchev–Trinajstić information content (AvgIpc) is 2.81. The van der Waals surface area contributed by atoms with Crippen molar-refractivity contribution in [3.63, 3.8) is 0 Å². The molecule has 1 heterocycles. The summed E-state index contributed by atoms with van der Waals surface area (Å²) in [6, 6.07) is 8.19. The molecule has 2 aromatic rings. The van der Waals surface area contributed by atoms with E-state index in [4.69, 9.17) is 5.84 Å². The minimum Gasteiger partial charge on any atom is -0.378 e. The molecule has 0 aliphatic carbocycles. The first kappa shape index (κ1) is 13.4. The number of hydrogen-bond acceptors (Lipinski definition) is 6. The zero-order chi connectivity index (χ0) is 13.8. The van der Waals surface area contributed by atoms with Crippen molar-refractivity contribution in [3.05, 3.63) is 35.7 Å². The van der Waals surface area contributed by atoms with Crippen LogP contribution in [0.3, 0.4) is 0 Å². The SMILES string of the molecule is CN(C)c1ccc(C(Cc2nnn(C)n2)NN)cc1. The lowest BCUT2D eigenvalue weighted by Crippen LogP contribution is -2.30. The summed E-state index contributed by atoms with van der Waals surface area (Å²) < 4.78 is 0. The molecule has 0 bridgehead atoms. The number of nitrogens with two attached hydrogens (primary N) is 1. The van der Waals surface area contributed by atoms with Gasteiger partial charge in [0.25, 0.3) is 0 Å². The molecule has 1 aromatic heterocycles. The Hall–Kier alpha value is -1.99. The van der Waals surface area contributed by atoms with Crippen molar-refractivity contribution in [2.24, 2.45) is 12.9 Å². The second-order valence-corrected chi connectivity index (χ2v) is 4.60. The summed E-state index contributed by atoms with van der Waals surface area (Å²) in [4.78, 5) is 3.50. The molecule has 0 spiro atoms. The summed E-state index contributed by atoms with van der Waals surface area (Å²) in [5.41, 5.74) is 5.04. The van der Waals surface area contributed by atoms with Crippen LogP contribution in [0, 0.1) is 0 Å². The highest BCUT2D eigenvalue weighted by Crippen LogP contribution is 2.19. The summed E-state index contributed by atoms with van der Waals surface area (Å²) in [5.74, 6) is 6.28. The van der Waals surface area contributed by atoms with Gasteiger partial charge in [0.2, 0.25) is 0 Å². The Labute approximate surface area is 112 Å². The van der Waals surface area contributed by atoms with E-state index in [-0.39, 0.29) is 6.04 Å².